The van der Waals surface area contributed by atoms with Crippen LogP contribution in [0.2, 0.25) is 18.1 Å². The van der Waals surface area contributed by atoms with Crippen molar-refractivity contribution in [3.05, 3.63) is 41.0 Å². The Balaban J connectivity index is 2.31. The lowest BCUT2D eigenvalue weighted by Crippen LogP contribution is -2.44. The van der Waals surface area contributed by atoms with Crippen LogP contribution in [0.3, 0.4) is 0 Å². The fraction of sp³-hybridized carbons (Fsp3) is 0.556. The first-order chi connectivity index (χ1) is 16.3. The topological polar surface area (TPSA) is 86.6 Å². The van der Waals surface area contributed by atoms with Gasteiger partial charge in [-0.2, -0.15) is 0 Å². The highest BCUT2D eigenvalue weighted by atomic mass is 28.4. The second kappa shape index (κ2) is 9.91. The molecule has 2 aromatic rings. The maximum absolute atomic E-state index is 12.3. The predicted octanol–water partition coefficient (Wildman–Crippen LogP) is 5.04. The van der Waals surface area contributed by atoms with Crippen molar-refractivity contribution >= 4 is 8.32 Å². The van der Waals surface area contributed by atoms with Crippen molar-refractivity contribution in [1.82, 2.24) is 0 Å². The van der Waals surface area contributed by atoms with Crippen LogP contribution in [0.4, 0.5) is 0 Å². The number of fused-ring (bicyclic) bond motifs is 1. The summed E-state index contributed by atoms with van der Waals surface area (Å²) in [6.45, 7) is 10.9. The minimum atomic E-state index is -2.23. The van der Waals surface area contributed by atoms with E-state index in [4.69, 9.17) is 23.4 Å². The summed E-state index contributed by atoms with van der Waals surface area (Å²) in [7, 11) is 3.97. The van der Waals surface area contributed by atoms with Gasteiger partial charge in [-0.3, -0.25) is 0 Å². The Morgan fingerprint density at radius 3 is 1.94 bits per heavy atom. The van der Waals surface area contributed by atoms with Crippen molar-refractivity contribution in [3.8, 4) is 28.7 Å². The molecule has 0 heterocycles. The van der Waals surface area contributed by atoms with Gasteiger partial charge in [0.05, 0.1) is 34.5 Å². The van der Waals surface area contributed by atoms with Gasteiger partial charge < -0.3 is 33.6 Å². The van der Waals surface area contributed by atoms with Crippen LogP contribution in [0.1, 0.15) is 50.3 Å². The molecule has 0 spiro atoms. The molecule has 1 aliphatic carbocycles. The molecule has 0 bridgehead atoms. The molecule has 8 heteroatoms. The molecule has 0 aromatic heterocycles. The van der Waals surface area contributed by atoms with Crippen LogP contribution in [-0.4, -0.2) is 53.1 Å². The fourth-order valence-electron chi connectivity index (χ4n) is 4.40. The summed E-state index contributed by atoms with van der Waals surface area (Å²) in [4.78, 5) is 0. The number of hydrogen-bond donors (Lipinski definition) is 2. The first kappa shape index (κ1) is 27.2. The van der Waals surface area contributed by atoms with Gasteiger partial charge in [0.15, 0.2) is 17.2 Å². The SMILES string of the molecule is COc1cc(C2(O)c3ccc(OC)c(O[Si](C)(C)C(C)(C)C)c3CCCC2O)cc(OC)c1OC. The van der Waals surface area contributed by atoms with Crippen molar-refractivity contribution in [2.45, 2.75) is 69.9 Å². The first-order valence-electron chi connectivity index (χ1n) is 12.0. The lowest BCUT2D eigenvalue weighted by atomic mass is 9.79. The third-order valence-electron chi connectivity index (χ3n) is 7.51. The monoisotopic (exact) mass is 504 g/mol. The Hall–Kier alpha value is -2.42. The van der Waals surface area contributed by atoms with Crippen LogP contribution < -0.4 is 23.4 Å². The molecule has 2 atom stereocenters. The number of hydrogen-bond acceptors (Lipinski definition) is 7. The van der Waals surface area contributed by atoms with Gasteiger partial charge in [-0.05, 0) is 66.7 Å². The van der Waals surface area contributed by atoms with Crippen molar-refractivity contribution in [2.24, 2.45) is 0 Å². The third-order valence-corrected chi connectivity index (χ3v) is 11.8. The summed E-state index contributed by atoms with van der Waals surface area (Å²) < 4.78 is 29.0. The normalized spacial score (nSPS) is 20.5. The smallest absolute Gasteiger partial charge is 0.250 e. The number of aliphatic hydroxyl groups is 2. The second-order valence-electron chi connectivity index (χ2n) is 10.6. The van der Waals surface area contributed by atoms with Gasteiger partial charge in [0.25, 0.3) is 8.32 Å². The highest BCUT2D eigenvalue weighted by Gasteiger charge is 2.46. The molecular weight excluding hydrogens is 464 g/mol. The highest BCUT2D eigenvalue weighted by molar-refractivity contribution is 6.74. The zero-order valence-corrected chi connectivity index (χ0v) is 23.4. The van der Waals surface area contributed by atoms with E-state index in [-0.39, 0.29) is 5.04 Å². The minimum absolute atomic E-state index is 0.0298. The molecule has 0 saturated carbocycles. The molecule has 0 amide bonds. The van der Waals surface area contributed by atoms with Gasteiger partial charge in [0.1, 0.15) is 11.4 Å². The maximum Gasteiger partial charge on any atom is 0.250 e. The van der Waals surface area contributed by atoms with E-state index in [0.29, 0.717) is 59.1 Å². The summed E-state index contributed by atoms with van der Waals surface area (Å²) in [5, 5.41) is 23.6. The maximum atomic E-state index is 12.3. The van der Waals surface area contributed by atoms with E-state index in [0.717, 1.165) is 5.56 Å². The van der Waals surface area contributed by atoms with Crippen LogP contribution in [0.15, 0.2) is 24.3 Å². The summed E-state index contributed by atoms with van der Waals surface area (Å²) in [6, 6.07) is 7.02. The van der Waals surface area contributed by atoms with Crippen LogP contribution in [-0.2, 0) is 12.0 Å². The minimum Gasteiger partial charge on any atom is -0.541 e. The molecule has 0 aliphatic heterocycles. The number of methoxy groups -OCH3 is 4. The summed E-state index contributed by atoms with van der Waals surface area (Å²) in [5.74, 6) is 2.50. The Labute approximate surface area is 210 Å². The van der Waals surface area contributed by atoms with E-state index in [1.807, 2.05) is 12.1 Å². The van der Waals surface area contributed by atoms with Crippen LogP contribution in [0, 0.1) is 0 Å². The lowest BCUT2D eigenvalue weighted by Gasteiger charge is -2.39. The van der Waals surface area contributed by atoms with Gasteiger partial charge in [-0.15, -0.1) is 0 Å². The summed E-state index contributed by atoms with van der Waals surface area (Å²) in [6.07, 6.45) is 0.673. The molecule has 2 N–H and O–H groups in total. The molecule has 194 valence electrons. The van der Waals surface area contributed by atoms with Crippen molar-refractivity contribution in [2.75, 3.05) is 28.4 Å². The van der Waals surface area contributed by atoms with E-state index >= 15 is 0 Å². The molecule has 0 saturated heterocycles. The quantitative estimate of drug-likeness (QED) is 0.404. The van der Waals surface area contributed by atoms with E-state index in [2.05, 4.69) is 33.9 Å². The molecule has 1 aliphatic rings. The number of rotatable bonds is 7. The number of ether oxygens (including phenoxy) is 4. The fourth-order valence-corrected chi connectivity index (χ4v) is 5.44. The average Bonchev–Trinajstić information content (AvgIpc) is 2.94. The number of aliphatic hydroxyl groups excluding tert-OH is 1. The zero-order valence-electron chi connectivity index (χ0n) is 22.4. The van der Waals surface area contributed by atoms with Gasteiger partial charge in [0, 0.05) is 5.56 Å². The van der Waals surface area contributed by atoms with Gasteiger partial charge in [-0.25, -0.2) is 0 Å². The lowest BCUT2D eigenvalue weighted by molar-refractivity contribution is -0.0517. The molecule has 0 fully saturated rings. The molecule has 35 heavy (non-hydrogen) atoms. The largest absolute Gasteiger partial charge is 0.541 e. The highest BCUT2D eigenvalue weighted by Crippen LogP contribution is 2.50. The second-order valence-corrected chi connectivity index (χ2v) is 15.3. The van der Waals surface area contributed by atoms with E-state index in [9.17, 15) is 10.2 Å². The van der Waals surface area contributed by atoms with Crippen molar-refractivity contribution in [3.63, 3.8) is 0 Å². The average molecular weight is 505 g/mol. The first-order valence-corrected chi connectivity index (χ1v) is 14.9. The predicted molar refractivity (Wildman–Crippen MR) is 139 cm³/mol. The van der Waals surface area contributed by atoms with E-state index in [1.165, 1.54) is 21.3 Å². The molecule has 3 rings (SSSR count). The summed E-state index contributed by atoms with van der Waals surface area (Å²) in [5.41, 5.74) is 0.163. The Morgan fingerprint density at radius 1 is 0.886 bits per heavy atom. The Kier molecular flexibility index (Phi) is 7.69. The molecule has 2 aromatic carbocycles. The van der Waals surface area contributed by atoms with E-state index in [1.54, 1.807) is 19.2 Å². The van der Waals surface area contributed by atoms with Gasteiger partial charge in [0.2, 0.25) is 5.75 Å². The zero-order chi connectivity index (χ0) is 26.2. The standard InChI is InChI=1S/C27H40O7Si/c1-26(2,3)35(8,9)34-24-18-11-10-12-23(28)27(29,19(18)13-14-20(24)30-4)17-15-21(31-5)25(33-7)22(16-17)32-6/h13-16,23,28-29H,10-12H2,1-9H3. The van der Waals surface area contributed by atoms with Crippen LogP contribution >= 0.6 is 0 Å². The molecule has 0 radical (unpaired) electrons. The van der Waals surface area contributed by atoms with Crippen LogP contribution in [0.5, 0.6) is 28.7 Å². The molecule has 2 unspecified atom stereocenters. The molecule has 7 nitrogen and oxygen atoms in total. The third kappa shape index (κ3) is 4.71. The molecular formula is C27H40O7Si. The van der Waals surface area contributed by atoms with Crippen molar-refractivity contribution in [1.29, 1.82) is 0 Å². The Bertz CT molecular complexity index is 1040. The van der Waals surface area contributed by atoms with E-state index < -0.39 is 20.0 Å². The van der Waals surface area contributed by atoms with Crippen molar-refractivity contribution < 1.29 is 33.6 Å². The number of benzene rings is 2. The summed E-state index contributed by atoms with van der Waals surface area (Å²) >= 11 is 0. The Morgan fingerprint density at radius 2 is 1.46 bits per heavy atom. The van der Waals surface area contributed by atoms with Gasteiger partial charge >= 0.3 is 0 Å². The van der Waals surface area contributed by atoms with Crippen LogP contribution in [0.25, 0.3) is 0 Å². The van der Waals surface area contributed by atoms with Gasteiger partial charge in [-0.1, -0.05) is 26.8 Å².